The van der Waals surface area contributed by atoms with Crippen LogP contribution in [-0.2, 0) is 17.6 Å². The topological polar surface area (TPSA) is 85.9 Å². The van der Waals surface area contributed by atoms with Gasteiger partial charge in [-0.1, -0.05) is 18.2 Å². The lowest BCUT2D eigenvalue weighted by molar-refractivity contribution is -0.112. The summed E-state index contributed by atoms with van der Waals surface area (Å²) in [5, 5.41) is 22.3. The number of anilines is 1. The summed E-state index contributed by atoms with van der Waals surface area (Å²) >= 11 is 1.44. The van der Waals surface area contributed by atoms with Crippen LogP contribution in [0.5, 0.6) is 5.75 Å². The van der Waals surface area contributed by atoms with Gasteiger partial charge in [0.15, 0.2) is 0 Å². The number of thiophene rings is 1. The number of rotatable bonds is 5. The Kier molecular flexibility index (Phi) is 5.90. The highest BCUT2D eigenvalue weighted by Gasteiger charge is 2.22. The van der Waals surface area contributed by atoms with Crippen molar-refractivity contribution in [2.45, 2.75) is 32.6 Å². The second kappa shape index (κ2) is 8.53. The molecule has 1 aliphatic carbocycles. The minimum atomic E-state index is -0.515. The van der Waals surface area contributed by atoms with Crippen molar-refractivity contribution in [1.29, 1.82) is 10.5 Å². The van der Waals surface area contributed by atoms with Crippen molar-refractivity contribution in [2.75, 3.05) is 11.9 Å². The van der Waals surface area contributed by atoms with Gasteiger partial charge in [0.25, 0.3) is 5.91 Å². The third-order valence-electron chi connectivity index (χ3n) is 4.39. The smallest absolute Gasteiger partial charge is 0.266 e. The first-order valence-corrected chi connectivity index (χ1v) is 9.69. The summed E-state index contributed by atoms with van der Waals surface area (Å²) in [6, 6.07) is 11.4. The van der Waals surface area contributed by atoms with Gasteiger partial charge in [0.05, 0.1) is 12.2 Å². The number of benzene rings is 1. The van der Waals surface area contributed by atoms with E-state index in [4.69, 9.17) is 4.74 Å². The Morgan fingerprint density at radius 1 is 1.30 bits per heavy atom. The molecule has 1 amide bonds. The van der Waals surface area contributed by atoms with E-state index in [1.54, 1.807) is 12.1 Å². The summed E-state index contributed by atoms with van der Waals surface area (Å²) in [4.78, 5) is 13.8. The van der Waals surface area contributed by atoms with Crippen LogP contribution in [-0.4, -0.2) is 12.5 Å². The number of hydrogen-bond acceptors (Lipinski definition) is 5. The first kappa shape index (κ1) is 18.7. The first-order valence-electron chi connectivity index (χ1n) is 8.87. The molecule has 0 unspecified atom stereocenters. The number of carbonyl (C=O) groups is 1. The van der Waals surface area contributed by atoms with E-state index >= 15 is 0 Å². The maximum absolute atomic E-state index is 12.7. The van der Waals surface area contributed by atoms with Crippen molar-refractivity contribution in [3.05, 3.63) is 51.4 Å². The monoisotopic (exact) mass is 377 g/mol. The summed E-state index contributed by atoms with van der Waals surface area (Å²) in [6.45, 7) is 2.37. The predicted molar refractivity (Wildman–Crippen MR) is 106 cm³/mol. The van der Waals surface area contributed by atoms with Crippen LogP contribution in [0.25, 0.3) is 6.08 Å². The molecule has 136 valence electrons. The quantitative estimate of drug-likeness (QED) is 0.616. The number of hydrogen-bond donors (Lipinski definition) is 1. The molecule has 1 aromatic carbocycles. The fraction of sp³-hybridized carbons (Fsp3) is 0.286. The van der Waals surface area contributed by atoms with Crippen LogP contribution in [0.15, 0.2) is 29.8 Å². The zero-order valence-electron chi connectivity index (χ0n) is 15.0. The molecule has 1 N–H and O–H groups in total. The number of ether oxygens (including phenoxy) is 1. The summed E-state index contributed by atoms with van der Waals surface area (Å²) in [7, 11) is 0. The van der Waals surface area contributed by atoms with E-state index in [0.717, 1.165) is 36.1 Å². The van der Waals surface area contributed by atoms with Gasteiger partial charge in [0, 0.05) is 10.4 Å². The van der Waals surface area contributed by atoms with Crippen LogP contribution in [0.4, 0.5) is 5.00 Å². The van der Waals surface area contributed by atoms with Gasteiger partial charge >= 0.3 is 0 Å². The van der Waals surface area contributed by atoms with E-state index < -0.39 is 5.91 Å². The number of para-hydroxylation sites is 1. The Morgan fingerprint density at radius 2 is 2.07 bits per heavy atom. The van der Waals surface area contributed by atoms with Gasteiger partial charge < -0.3 is 10.1 Å². The molecule has 0 bridgehead atoms. The lowest BCUT2D eigenvalue weighted by Crippen LogP contribution is -2.13. The first-order chi connectivity index (χ1) is 13.2. The Bertz CT molecular complexity index is 976. The van der Waals surface area contributed by atoms with E-state index in [1.807, 2.05) is 25.1 Å². The fourth-order valence-corrected chi connectivity index (χ4v) is 4.37. The maximum Gasteiger partial charge on any atom is 0.266 e. The zero-order chi connectivity index (χ0) is 19.2. The maximum atomic E-state index is 12.7. The largest absolute Gasteiger partial charge is 0.493 e. The molecule has 3 rings (SSSR count). The van der Waals surface area contributed by atoms with Gasteiger partial charge in [-0.25, -0.2) is 0 Å². The van der Waals surface area contributed by atoms with Crippen molar-refractivity contribution in [3.8, 4) is 17.9 Å². The number of amides is 1. The molecule has 5 nitrogen and oxygen atoms in total. The molecular weight excluding hydrogens is 358 g/mol. The van der Waals surface area contributed by atoms with Crippen molar-refractivity contribution in [2.24, 2.45) is 0 Å². The van der Waals surface area contributed by atoms with Crippen LogP contribution in [0.2, 0.25) is 0 Å². The average Bonchev–Trinajstić information content (AvgIpc) is 3.04. The SMILES string of the molecule is CCOc1ccccc1/C=C(\C#N)C(=O)Nc1sc2c(c1C#N)CCCC2. The van der Waals surface area contributed by atoms with E-state index in [1.165, 1.54) is 17.4 Å². The summed E-state index contributed by atoms with van der Waals surface area (Å²) in [6.07, 6.45) is 5.48. The molecule has 0 atom stereocenters. The molecule has 1 aromatic heterocycles. The van der Waals surface area contributed by atoms with Gasteiger partial charge in [-0.15, -0.1) is 11.3 Å². The van der Waals surface area contributed by atoms with Gasteiger partial charge in [0.2, 0.25) is 0 Å². The average molecular weight is 377 g/mol. The zero-order valence-corrected chi connectivity index (χ0v) is 15.9. The van der Waals surface area contributed by atoms with Crippen molar-refractivity contribution < 1.29 is 9.53 Å². The Labute approximate surface area is 162 Å². The minimum absolute atomic E-state index is 0.0302. The number of fused-ring (bicyclic) bond motifs is 1. The number of aryl methyl sites for hydroxylation is 1. The summed E-state index contributed by atoms with van der Waals surface area (Å²) in [5.74, 6) is 0.101. The third-order valence-corrected chi connectivity index (χ3v) is 5.60. The van der Waals surface area contributed by atoms with Crippen molar-refractivity contribution in [1.82, 2.24) is 0 Å². The molecule has 0 saturated heterocycles. The number of nitrogens with one attached hydrogen (secondary N) is 1. The molecule has 0 saturated carbocycles. The molecule has 27 heavy (non-hydrogen) atoms. The Morgan fingerprint density at radius 3 is 2.81 bits per heavy atom. The van der Waals surface area contributed by atoms with E-state index in [0.29, 0.717) is 28.5 Å². The normalized spacial score (nSPS) is 13.2. The fourth-order valence-electron chi connectivity index (χ4n) is 3.13. The standard InChI is InChI=1S/C21H19N3O2S/c1-2-26-18-9-5-3-7-14(18)11-15(12-22)20(25)24-21-17(13-23)16-8-4-6-10-19(16)27-21/h3,5,7,9,11H,2,4,6,8,10H2,1H3,(H,24,25)/b15-11+. The molecule has 2 aromatic rings. The molecular formula is C21H19N3O2S. The third kappa shape index (κ3) is 4.02. The molecule has 1 aliphatic rings. The van der Waals surface area contributed by atoms with Crippen LogP contribution < -0.4 is 10.1 Å². The van der Waals surface area contributed by atoms with Crippen LogP contribution in [0.1, 0.15) is 41.3 Å². The number of nitrogens with zero attached hydrogens (tertiary/aromatic N) is 2. The molecule has 1 heterocycles. The van der Waals surface area contributed by atoms with Crippen LogP contribution in [0.3, 0.4) is 0 Å². The lowest BCUT2D eigenvalue weighted by Gasteiger charge is -2.09. The van der Waals surface area contributed by atoms with E-state index in [-0.39, 0.29) is 5.57 Å². The Balaban J connectivity index is 1.88. The molecule has 0 radical (unpaired) electrons. The molecule has 0 spiro atoms. The molecule has 0 aliphatic heterocycles. The Hall–Kier alpha value is -3.09. The van der Waals surface area contributed by atoms with Gasteiger partial charge in [-0.05, 0) is 50.3 Å². The van der Waals surface area contributed by atoms with Gasteiger partial charge in [0.1, 0.15) is 28.5 Å². The number of nitriles is 2. The highest BCUT2D eigenvalue weighted by atomic mass is 32.1. The lowest BCUT2D eigenvalue weighted by atomic mass is 9.96. The van der Waals surface area contributed by atoms with Crippen LogP contribution >= 0.6 is 11.3 Å². The predicted octanol–water partition coefficient (Wildman–Crippen LogP) is 4.44. The molecule has 0 fully saturated rings. The summed E-state index contributed by atoms with van der Waals surface area (Å²) in [5.41, 5.74) is 2.22. The second-order valence-corrected chi connectivity index (χ2v) is 7.23. The van der Waals surface area contributed by atoms with Gasteiger partial charge in [-0.3, -0.25) is 4.79 Å². The summed E-state index contributed by atoms with van der Waals surface area (Å²) < 4.78 is 5.55. The van der Waals surface area contributed by atoms with E-state index in [9.17, 15) is 15.3 Å². The highest BCUT2D eigenvalue weighted by Crippen LogP contribution is 2.37. The highest BCUT2D eigenvalue weighted by molar-refractivity contribution is 7.16. The minimum Gasteiger partial charge on any atom is -0.493 e. The number of carbonyl (C=O) groups excluding carboxylic acids is 1. The van der Waals surface area contributed by atoms with Crippen molar-refractivity contribution >= 4 is 28.3 Å². The van der Waals surface area contributed by atoms with E-state index in [2.05, 4.69) is 11.4 Å². The van der Waals surface area contributed by atoms with Gasteiger partial charge in [-0.2, -0.15) is 10.5 Å². The van der Waals surface area contributed by atoms with Crippen molar-refractivity contribution in [3.63, 3.8) is 0 Å². The second-order valence-electron chi connectivity index (χ2n) is 6.12. The molecule has 6 heteroatoms. The van der Waals surface area contributed by atoms with Crippen LogP contribution in [0, 0.1) is 22.7 Å².